The van der Waals surface area contributed by atoms with Gasteiger partial charge in [-0.15, -0.1) is 5.10 Å². The van der Waals surface area contributed by atoms with Gasteiger partial charge in [0.15, 0.2) is 5.69 Å². The molecular formula is C18H24ClN5O. The van der Waals surface area contributed by atoms with E-state index in [1.165, 1.54) is 5.56 Å². The van der Waals surface area contributed by atoms with Crippen LogP contribution in [0.3, 0.4) is 0 Å². The molecule has 25 heavy (non-hydrogen) atoms. The van der Waals surface area contributed by atoms with Crippen LogP contribution in [0, 0.1) is 6.92 Å². The van der Waals surface area contributed by atoms with E-state index in [1.807, 2.05) is 35.9 Å². The molecule has 0 saturated carbocycles. The van der Waals surface area contributed by atoms with Crippen molar-refractivity contribution in [3.63, 3.8) is 0 Å². The van der Waals surface area contributed by atoms with Gasteiger partial charge in [-0.3, -0.25) is 4.79 Å². The van der Waals surface area contributed by atoms with Crippen LogP contribution in [0.2, 0.25) is 5.02 Å². The molecule has 1 amide bonds. The highest BCUT2D eigenvalue weighted by molar-refractivity contribution is 6.30. The summed E-state index contributed by atoms with van der Waals surface area (Å²) in [5.74, 6) is -0.145. The summed E-state index contributed by atoms with van der Waals surface area (Å²) in [6.07, 6.45) is 3.81. The van der Waals surface area contributed by atoms with Crippen LogP contribution in [0.5, 0.6) is 0 Å². The van der Waals surface area contributed by atoms with Gasteiger partial charge in [0.1, 0.15) is 0 Å². The lowest BCUT2D eigenvalue weighted by atomic mass is 10.1. The Kier molecular flexibility index (Phi) is 6.04. The van der Waals surface area contributed by atoms with Crippen LogP contribution in [-0.2, 0) is 6.42 Å². The second kappa shape index (κ2) is 8.45. The number of amides is 1. The van der Waals surface area contributed by atoms with Gasteiger partial charge in [-0.25, -0.2) is 4.68 Å². The van der Waals surface area contributed by atoms with Crippen molar-refractivity contribution in [1.29, 1.82) is 0 Å². The number of hydrogen-bond acceptors (Lipinski definition) is 4. The highest BCUT2D eigenvalue weighted by atomic mass is 35.5. The molecule has 3 rings (SSSR count). The molecule has 2 heterocycles. The summed E-state index contributed by atoms with van der Waals surface area (Å²) in [5, 5.41) is 15.3. The van der Waals surface area contributed by atoms with E-state index in [2.05, 4.69) is 20.9 Å². The third kappa shape index (κ3) is 4.58. The van der Waals surface area contributed by atoms with E-state index in [0.717, 1.165) is 49.5 Å². The smallest absolute Gasteiger partial charge is 0.273 e. The van der Waals surface area contributed by atoms with Gasteiger partial charge in [0, 0.05) is 11.6 Å². The van der Waals surface area contributed by atoms with Crippen LogP contribution in [0.15, 0.2) is 24.3 Å². The Labute approximate surface area is 152 Å². The maximum absolute atomic E-state index is 12.4. The summed E-state index contributed by atoms with van der Waals surface area (Å²) in [7, 11) is 0. The molecule has 1 aliphatic heterocycles. The first-order valence-corrected chi connectivity index (χ1v) is 9.18. The molecule has 1 aromatic carbocycles. The fourth-order valence-electron chi connectivity index (χ4n) is 3.18. The zero-order valence-corrected chi connectivity index (χ0v) is 15.2. The molecule has 134 valence electrons. The quantitative estimate of drug-likeness (QED) is 0.775. The molecule has 1 fully saturated rings. The van der Waals surface area contributed by atoms with Crippen molar-refractivity contribution in [2.75, 3.05) is 19.6 Å². The molecule has 6 nitrogen and oxygen atoms in total. The Morgan fingerprint density at radius 2 is 2.04 bits per heavy atom. The summed E-state index contributed by atoms with van der Waals surface area (Å²) in [6, 6.07) is 8.13. The molecule has 0 radical (unpaired) electrons. The van der Waals surface area contributed by atoms with Gasteiger partial charge in [0.05, 0.1) is 11.7 Å². The Bertz CT molecular complexity index is 707. The second-order valence-corrected chi connectivity index (χ2v) is 6.87. The number of carbonyl (C=O) groups is 1. The van der Waals surface area contributed by atoms with Crippen molar-refractivity contribution in [1.82, 2.24) is 25.6 Å². The summed E-state index contributed by atoms with van der Waals surface area (Å²) in [4.78, 5) is 12.4. The predicted octanol–water partition coefficient (Wildman–Crippen LogP) is 2.53. The minimum atomic E-state index is -0.145. The zero-order chi connectivity index (χ0) is 17.6. The highest BCUT2D eigenvalue weighted by Crippen LogP contribution is 2.20. The van der Waals surface area contributed by atoms with E-state index >= 15 is 0 Å². The van der Waals surface area contributed by atoms with Gasteiger partial charge in [-0.1, -0.05) is 28.9 Å². The van der Waals surface area contributed by atoms with Crippen LogP contribution in [0.4, 0.5) is 0 Å². The van der Waals surface area contributed by atoms with E-state index in [4.69, 9.17) is 11.6 Å². The number of rotatable bonds is 6. The molecule has 1 aromatic heterocycles. The largest absolute Gasteiger partial charge is 0.351 e. The Balaban J connectivity index is 1.49. The number of hydrogen-bond donors (Lipinski definition) is 2. The molecule has 1 saturated heterocycles. The van der Waals surface area contributed by atoms with E-state index in [1.54, 1.807) is 0 Å². The minimum absolute atomic E-state index is 0.145. The summed E-state index contributed by atoms with van der Waals surface area (Å²) in [5.41, 5.74) is 2.50. The van der Waals surface area contributed by atoms with Crippen molar-refractivity contribution in [3.05, 3.63) is 46.2 Å². The number of aryl methyl sites for hydroxylation is 1. The fraction of sp³-hybridized carbons (Fsp3) is 0.500. The lowest BCUT2D eigenvalue weighted by Crippen LogP contribution is -2.30. The van der Waals surface area contributed by atoms with Gasteiger partial charge < -0.3 is 10.6 Å². The van der Waals surface area contributed by atoms with E-state index in [9.17, 15) is 4.79 Å². The third-order valence-corrected chi connectivity index (χ3v) is 4.89. The Hall–Kier alpha value is -1.92. The fourth-order valence-corrected chi connectivity index (χ4v) is 3.30. The van der Waals surface area contributed by atoms with Crippen LogP contribution >= 0.6 is 11.6 Å². The van der Waals surface area contributed by atoms with E-state index < -0.39 is 0 Å². The van der Waals surface area contributed by atoms with Crippen molar-refractivity contribution in [2.24, 2.45) is 0 Å². The third-order valence-electron chi connectivity index (χ3n) is 4.64. The van der Waals surface area contributed by atoms with Gasteiger partial charge in [0.25, 0.3) is 5.91 Å². The number of nitrogens with one attached hydrogen (secondary N) is 2. The summed E-state index contributed by atoms with van der Waals surface area (Å²) < 4.78 is 1.91. The van der Waals surface area contributed by atoms with Crippen molar-refractivity contribution in [3.8, 4) is 0 Å². The average molecular weight is 362 g/mol. The van der Waals surface area contributed by atoms with E-state index in [0.29, 0.717) is 18.3 Å². The molecule has 2 aromatic rings. The highest BCUT2D eigenvalue weighted by Gasteiger charge is 2.22. The normalized spacial score (nSPS) is 15.3. The SMILES string of the molecule is Cc1c(C(=O)NCCCc2ccc(Cl)cc2)nnn1C1CCNCC1. The first kappa shape index (κ1) is 17.9. The number of carbonyl (C=O) groups excluding carboxylic acids is 1. The molecule has 2 N–H and O–H groups in total. The van der Waals surface area contributed by atoms with Crippen molar-refractivity contribution >= 4 is 17.5 Å². The molecule has 7 heteroatoms. The number of benzene rings is 1. The standard InChI is InChI=1S/C18H24ClN5O/c1-13-17(22-23-24(13)16-8-11-20-12-9-16)18(25)21-10-2-3-14-4-6-15(19)7-5-14/h4-7,16,20H,2-3,8-12H2,1H3,(H,21,25). The first-order chi connectivity index (χ1) is 12.1. The molecular weight excluding hydrogens is 338 g/mol. The Morgan fingerprint density at radius 3 is 2.76 bits per heavy atom. The summed E-state index contributed by atoms with van der Waals surface area (Å²) in [6.45, 7) is 4.50. The van der Waals surface area contributed by atoms with Gasteiger partial charge >= 0.3 is 0 Å². The predicted molar refractivity (Wildman–Crippen MR) is 98.0 cm³/mol. The number of halogens is 1. The number of nitrogens with zero attached hydrogens (tertiary/aromatic N) is 3. The molecule has 0 bridgehead atoms. The van der Waals surface area contributed by atoms with Crippen LogP contribution in [-0.4, -0.2) is 40.5 Å². The van der Waals surface area contributed by atoms with Crippen LogP contribution < -0.4 is 10.6 Å². The van der Waals surface area contributed by atoms with Crippen LogP contribution in [0.25, 0.3) is 0 Å². The van der Waals surface area contributed by atoms with E-state index in [-0.39, 0.29) is 5.91 Å². The molecule has 0 atom stereocenters. The molecule has 1 aliphatic rings. The topological polar surface area (TPSA) is 71.8 Å². The average Bonchev–Trinajstić information content (AvgIpc) is 3.02. The van der Waals surface area contributed by atoms with Crippen LogP contribution in [0.1, 0.15) is 47.1 Å². The number of aromatic nitrogens is 3. The molecule has 0 spiro atoms. The van der Waals surface area contributed by atoms with Gasteiger partial charge in [-0.2, -0.15) is 0 Å². The zero-order valence-electron chi connectivity index (χ0n) is 14.5. The molecule has 0 aliphatic carbocycles. The maximum Gasteiger partial charge on any atom is 0.273 e. The Morgan fingerprint density at radius 1 is 1.32 bits per heavy atom. The number of piperidine rings is 1. The molecule has 0 unspecified atom stereocenters. The van der Waals surface area contributed by atoms with Crippen molar-refractivity contribution < 1.29 is 4.79 Å². The summed E-state index contributed by atoms with van der Waals surface area (Å²) >= 11 is 5.88. The van der Waals surface area contributed by atoms with Crippen molar-refractivity contribution in [2.45, 2.75) is 38.6 Å². The monoisotopic (exact) mass is 361 g/mol. The first-order valence-electron chi connectivity index (χ1n) is 8.80. The minimum Gasteiger partial charge on any atom is -0.351 e. The lowest BCUT2D eigenvalue weighted by Gasteiger charge is -2.23. The van der Waals surface area contributed by atoms with Gasteiger partial charge in [-0.05, 0) is 63.4 Å². The maximum atomic E-state index is 12.4. The lowest BCUT2D eigenvalue weighted by molar-refractivity contribution is 0.0947. The van der Waals surface area contributed by atoms with Gasteiger partial charge in [0.2, 0.25) is 0 Å². The second-order valence-electron chi connectivity index (χ2n) is 6.44.